The van der Waals surface area contributed by atoms with Crippen molar-refractivity contribution in [3.8, 4) is 6.07 Å². The van der Waals surface area contributed by atoms with Crippen LogP contribution in [0.4, 0.5) is 10.1 Å². The van der Waals surface area contributed by atoms with E-state index in [-0.39, 0.29) is 11.5 Å². The Bertz CT molecular complexity index is 524. The third-order valence-electron chi connectivity index (χ3n) is 3.35. The van der Waals surface area contributed by atoms with Crippen LogP contribution in [0.5, 0.6) is 0 Å². The fraction of sp³-hybridized carbons (Fsp3) is 0.385. The maximum atomic E-state index is 13.8. The van der Waals surface area contributed by atoms with Crippen LogP contribution in [0.15, 0.2) is 18.2 Å². The second kappa shape index (κ2) is 4.65. The van der Waals surface area contributed by atoms with Crippen molar-refractivity contribution in [1.29, 1.82) is 5.26 Å². The average Bonchev–Trinajstić information content (AvgIpc) is 2.71. The van der Waals surface area contributed by atoms with E-state index >= 15 is 0 Å². The summed E-state index contributed by atoms with van der Waals surface area (Å²) in [6.07, 6.45) is 0. The van der Waals surface area contributed by atoms with E-state index in [2.05, 4.69) is 0 Å². The minimum Gasteiger partial charge on any atom is -0.481 e. The first kappa shape index (κ1) is 12.4. The molecular weight excluding hydrogens is 235 g/mol. The first-order valence-electron chi connectivity index (χ1n) is 5.70. The molecule has 5 heteroatoms. The molecule has 0 aromatic heterocycles. The Morgan fingerprint density at radius 3 is 2.78 bits per heavy atom. The number of nitrogens with zero attached hydrogens (tertiary/aromatic N) is 2. The van der Waals surface area contributed by atoms with Crippen molar-refractivity contribution in [2.75, 3.05) is 18.0 Å². The zero-order valence-electron chi connectivity index (χ0n) is 9.93. The summed E-state index contributed by atoms with van der Waals surface area (Å²) in [6, 6.07) is 6.11. The molecule has 0 bridgehead atoms. The van der Waals surface area contributed by atoms with Gasteiger partial charge in [0, 0.05) is 13.1 Å². The summed E-state index contributed by atoms with van der Waals surface area (Å²) in [5.41, 5.74) is 0.628. The zero-order chi connectivity index (χ0) is 13.3. The lowest BCUT2D eigenvalue weighted by Gasteiger charge is -2.18. The van der Waals surface area contributed by atoms with Gasteiger partial charge in [-0.05, 0) is 24.1 Å². The van der Waals surface area contributed by atoms with Crippen LogP contribution in [-0.4, -0.2) is 24.2 Å². The van der Waals surface area contributed by atoms with Gasteiger partial charge >= 0.3 is 5.97 Å². The number of halogens is 1. The molecule has 1 aliphatic heterocycles. The van der Waals surface area contributed by atoms with Crippen LogP contribution in [0.25, 0.3) is 0 Å². The van der Waals surface area contributed by atoms with Gasteiger partial charge < -0.3 is 10.0 Å². The largest absolute Gasteiger partial charge is 0.481 e. The fourth-order valence-electron chi connectivity index (χ4n) is 2.32. The Hall–Kier alpha value is -2.09. The lowest BCUT2D eigenvalue weighted by Crippen LogP contribution is -2.23. The van der Waals surface area contributed by atoms with Crippen LogP contribution in [0, 0.1) is 29.0 Å². The van der Waals surface area contributed by atoms with E-state index in [0.717, 1.165) is 0 Å². The molecule has 1 heterocycles. The maximum Gasteiger partial charge on any atom is 0.308 e. The summed E-state index contributed by atoms with van der Waals surface area (Å²) < 4.78 is 13.8. The Morgan fingerprint density at radius 1 is 1.56 bits per heavy atom. The Kier molecular flexibility index (Phi) is 3.19. The highest BCUT2D eigenvalue weighted by Gasteiger charge is 2.35. The Labute approximate surface area is 104 Å². The number of hydrogen-bond donors (Lipinski definition) is 1. The predicted octanol–water partition coefficient (Wildman–Crippen LogP) is 1.85. The molecule has 0 radical (unpaired) electrons. The van der Waals surface area contributed by atoms with Crippen LogP contribution >= 0.6 is 0 Å². The van der Waals surface area contributed by atoms with E-state index in [4.69, 9.17) is 10.4 Å². The number of benzene rings is 1. The molecule has 0 aliphatic carbocycles. The molecule has 0 amide bonds. The summed E-state index contributed by atoms with van der Waals surface area (Å²) >= 11 is 0. The van der Waals surface area contributed by atoms with Gasteiger partial charge in [0.05, 0.1) is 23.2 Å². The van der Waals surface area contributed by atoms with Gasteiger partial charge in [-0.25, -0.2) is 4.39 Å². The van der Waals surface area contributed by atoms with Gasteiger partial charge in [0.25, 0.3) is 0 Å². The molecule has 0 spiro atoms. The van der Waals surface area contributed by atoms with E-state index in [1.165, 1.54) is 18.2 Å². The average molecular weight is 248 g/mol. The summed E-state index contributed by atoms with van der Waals surface area (Å²) in [5.74, 6) is -1.82. The molecule has 1 aliphatic rings. The van der Waals surface area contributed by atoms with Crippen molar-refractivity contribution < 1.29 is 14.3 Å². The van der Waals surface area contributed by atoms with Crippen LogP contribution in [-0.2, 0) is 4.79 Å². The van der Waals surface area contributed by atoms with Gasteiger partial charge in [0.2, 0.25) is 0 Å². The number of nitriles is 1. The van der Waals surface area contributed by atoms with Gasteiger partial charge in [-0.2, -0.15) is 5.26 Å². The summed E-state index contributed by atoms with van der Waals surface area (Å²) in [6.45, 7) is 2.67. The standard InChI is InChI=1S/C13H13FN2O2/c1-8-6-16(7-10(8)13(17)18)12-3-2-9(5-15)4-11(12)14/h2-4,8,10H,6-7H2,1H3,(H,17,18). The maximum absolute atomic E-state index is 13.8. The molecule has 2 rings (SSSR count). The summed E-state index contributed by atoms with van der Waals surface area (Å²) in [5, 5.41) is 17.7. The van der Waals surface area contributed by atoms with Crippen LogP contribution in [0.3, 0.4) is 0 Å². The normalized spacial score (nSPS) is 22.8. The predicted molar refractivity (Wildman–Crippen MR) is 63.6 cm³/mol. The molecule has 2 atom stereocenters. The summed E-state index contributed by atoms with van der Waals surface area (Å²) in [4.78, 5) is 12.7. The zero-order valence-corrected chi connectivity index (χ0v) is 9.93. The third kappa shape index (κ3) is 2.14. The minimum absolute atomic E-state index is 0.0162. The van der Waals surface area contributed by atoms with Gasteiger partial charge in [0.15, 0.2) is 0 Å². The van der Waals surface area contributed by atoms with Crippen molar-refractivity contribution >= 4 is 11.7 Å². The monoisotopic (exact) mass is 248 g/mol. The molecule has 0 saturated carbocycles. The number of carbonyl (C=O) groups is 1. The van der Waals surface area contributed by atoms with E-state index in [1.807, 2.05) is 13.0 Å². The molecule has 1 N–H and O–H groups in total. The minimum atomic E-state index is -0.848. The first-order chi connectivity index (χ1) is 8.52. The number of aliphatic carboxylic acids is 1. The van der Waals surface area contributed by atoms with Crippen LogP contribution < -0.4 is 4.90 Å². The third-order valence-corrected chi connectivity index (χ3v) is 3.35. The van der Waals surface area contributed by atoms with Crippen molar-refractivity contribution in [3.05, 3.63) is 29.6 Å². The molecule has 18 heavy (non-hydrogen) atoms. The topological polar surface area (TPSA) is 64.3 Å². The number of hydrogen-bond acceptors (Lipinski definition) is 3. The molecule has 1 fully saturated rings. The van der Waals surface area contributed by atoms with Crippen molar-refractivity contribution in [2.45, 2.75) is 6.92 Å². The van der Waals surface area contributed by atoms with Crippen molar-refractivity contribution in [3.63, 3.8) is 0 Å². The van der Waals surface area contributed by atoms with Crippen molar-refractivity contribution in [1.82, 2.24) is 0 Å². The number of carboxylic acids is 1. The highest BCUT2D eigenvalue weighted by molar-refractivity contribution is 5.72. The molecular formula is C13H13FN2O2. The second-order valence-corrected chi connectivity index (χ2v) is 4.60. The molecule has 1 saturated heterocycles. The van der Waals surface area contributed by atoms with Gasteiger partial charge in [-0.15, -0.1) is 0 Å². The van der Waals surface area contributed by atoms with E-state index in [0.29, 0.717) is 18.8 Å². The molecule has 1 aromatic rings. The van der Waals surface area contributed by atoms with Gasteiger partial charge in [-0.1, -0.05) is 6.92 Å². The molecule has 4 nitrogen and oxygen atoms in total. The quantitative estimate of drug-likeness (QED) is 0.867. The lowest BCUT2D eigenvalue weighted by molar-refractivity contribution is -0.142. The van der Waals surface area contributed by atoms with E-state index in [1.54, 1.807) is 4.90 Å². The van der Waals surface area contributed by atoms with Crippen LogP contribution in [0.2, 0.25) is 0 Å². The molecule has 94 valence electrons. The Balaban J connectivity index is 2.24. The number of carboxylic acid groups (broad SMARTS) is 1. The highest BCUT2D eigenvalue weighted by atomic mass is 19.1. The first-order valence-corrected chi connectivity index (χ1v) is 5.70. The SMILES string of the molecule is CC1CN(c2ccc(C#N)cc2F)CC1C(=O)O. The van der Waals surface area contributed by atoms with Gasteiger partial charge in [0.1, 0.15) is 5.82 Å². The fourth-order valence-corrected chi connectivity index (χ4v) is 2.32. The molecule has 1 aromatic carbocycles. The Morgan fingerprint density at radius 2 is 2.28 bits per heavy atom. The second-order valence-electron chi connectivity index (χ2n) is 4.60. The number of anilines is 1. The lowest BCUT2D eigenvalue weighted by atomic mass is 9.99. The van der Waals surface area contributed by atoms with Gasteiger partial charge in [-0.3, -0.25) is 4.79 Å². The van der Waals surface area contributed by atoms with E-state index < -0.39 is 17.7 Å². The van der Waals surface area contributed by atoms with E-state index in [9.17, 15) is 9.18 Å². The summed E-state index contributed by atoms with van der Waals surface area (Å²) in [7, 11) is 0. The van der Waals surface area contributed by atoms with Crippen molar-refractivity contribution in [2.24, 2.45) is 11.8 Å². The molecule has 2 unspecified atom stereocenters. The number of rotatable bonds is 2. The smallest absolute Gasteiger partial charge is 0.308 e. The highest BCUT2D eigenvalue weighted by Crippen LogP contribution is 2.30. The van der Waals surface area contributed by atoms with Crippen LogP contribution in [0.1, 0.15) is 12.5 Å².